The lowest BCUT2D eigenvalue weighted by Gasteiger charge is -2.03. The van der Waals surface area contributed by atoms with Crippen molar-refractivity contribution in [3.05, 3.63) is 34.6 Å². The number of imidazole rings is 1. The number of nitrogens with zero attached hydrogens (tertiary/aromatic N) is 2. The second kappa shape index (κ2) is 5.11. The van der Waals surface area contributed by atoms with Crippen LogP contribution in [0.15, 0.2) is 18.2 Å². The number of aromatic nitrogens is 2. The van der Waals surface area contributed by atoms with Gasteiger partial charge in [-0.15, -0.1) is 0 Å². The molecule has 5 heteroatoms. The Morgan fingerprint density at radius 3 is 2.89 bits per heavy atom. The molecule has 0 bridgehead atoms. The Bertz CT molecular complexity index is 613. The molecule has 4 nitrogen and oxygen atoms in total. The van der Waals surface area contributed by atoms with Crippen molar-refractivity contribution in [3.63, 3.8) is 0 Å². The molecule has 0 radical (unpaired) electrons. The summed E-state index contributed by atoms with van der Waals surface area (Å²) < 4.78 is 5.10. The first-order valence-electron chi connectivity index (χ1n) is 5.42. The summed E-state index contributed by atoms with van der Waals surface area (Å²) in [5, 5.41) is 9.23. The van der Waals surface area contributed by atoms with Crippen molar-refractivity contribution >= 4 is 11.6 Å². The lowest BCUT2D eigenvalue weighted by atomic mass is 10.2. The van der Waals surface area contributed by atoms with Gasteiger partial charge in [-0.25, -0.2) is 4.98 Å². The van der Waals surface area contributed by atoms with Crippen molar-refractivity contribution in [3.8, 4) is 23.2 Å². The van der Waals surface area contributed by atoms with Crippen LogP contribution in [0.25, 0.3) is 11.4 Å². The average Bonchev–Trinajstić information content (AvgIpc) is 2.71. The molecule has 1 heterocycles. The summed E-state index contributed by atoms with van der Waals surface area (Å²) >= 11 is 6.07. The monoisotopic (exact) mass is 261 g/mol. The van der Waals surface area contributed by atoms with Gasteiger partial charge in [0.05, 0.1) is 30.3 Å². The van der Waals surface area contributed by atoms with Crippen LogP contribution in [0.5, 0.6) is 5.75 Å². The third-order valence-corrected chi connectivity index (χ3v) is 2.95. The van der Waals surface area contributed by atoms with Crippen molar-refractivity contribution in [1.29, 1.82) is 5.26 Å². The van der Waals surface area contributed by atoms with E-state index in [4.69, 9.17) is 21.6 Å². The van der Waals surface area contributed by atoms with Crippen LogP contribution in [0.2, 0.25) is 5.02 Å². The summed E-state index contributed by atoms with van der Waals surface area (Å²) in [7, 11) is 1.57. The molecule has 1 aromatic carbocycles. The van der Waals surface area contributed by atoms with Gasteiger partial charge in [0.15, 0.2) is 0 Å². The molecule has 0 saturated carbocycles. The molecule has 0 aliphatic rings. The van der Waals surface area contributed by atoms with Crippen molar-refractivity contribution in [2.45, 2.75) is 13.3 Å². The van der Waals surface area contributed by atoms with Crippen molar-refractivity contribution < 1.29 is 4.74 Å². The Kier molecular flexibility index (Phi) is 3.54. The van der Waals surface area contributed by atoms with Crippen LogP contribution in [0.1, 0.15) is 11.4 Å². The fourth-order valence-corrected chi connectivity index (χ4v) is 1.95. The van der Waals surface area contributed by atoms with E-state index in [2.05, 4.69) is 16.0 Å². The summed E-state index contributed by atoms with van der Waals surface area (Å²) in [6.45, 7) is 1.90. The van der Waals surface area contributed by atoms with Gasteiger partial charge in [0.1, 0.15) is 11.6 Å². The Hall–Kier alpha value is -1.99. The maximum absolute atomic E-state index is 8.69. The first-order valence-corrected chi connectivity index (χ1v) is 5.80. The Morgan fingerprint density at radius 2 is 2.28 bits per heavy atom. The third-order valence-electron chi connectivity index (χ3n) is 2.66. The number of aromatic amines is 1. The minimum absolute atomic E-state index is 0.298. The minimum Gasteiger partial charge on any atom is -0.495 e. The predicted molar refractivity (Wildman–Crippen MR) is 69.6 cm³/mol. The highest BCUT2D eigenvalue weighted by atomic mass is 35.5. The number of H-pyrrole nitrogens is 1. The zero-order chi connectivity index (χ0) is 13.1. The van der Waals surface area contributed by atoms with Gasteiger partial charge in [-0.2, -0.15) is 5.26 Å². The minimum atomic E-state index is 0.298. The quantitative estimate of drug-likeness (QED) is 0.923. The average molecular weight is 262 g/mol. The van der Waals surface area contributed by atoms with Gasteiger partial charge in [-0.3, -0.25) is 0 Å². The maximum Gasteiger partial charge on any atom is 0.137 e. The fraction of sp³-hybridized carbons (Fsp3) is 0.231. The van der Waals surface area contributed by atoms with Gasteiger partial charge in [-0.1, -0.05) is 11.6 Å². The van der Waals surface area contributed by atoms with E-state index < -0.39 is 0 Å². The molecule has 2 rings (SSSR count). The molecule has 2 aromatic rings. The molecule has 0 spiro atoms. The van der Waals surface area contributed by atoms with Crippen LogP contribution < -0.4 is 4.74 Å². The molecule has 0 amide bonds. The highest BCUT2D eigenvalue weighted by Crippen LogP contribution is 2.29. The smallest absolute Gasteiger partial charge is 0.137 e. The Labute approximate surface area is 110 Å². The summed E-state index contributed by atoms with van der Waals surface area (Å²) in [5.41, 5.74) is 2.53. The summed E-state index contributed by atoms with van der Waals surface area (Å²) in [6.07, 6.45) is 0.298. The van der Waals surface area contributed by atoms with E-state index >= 15 is 0 Å². The van der Waals surface area contributed by atoms with Crippen LogP contribution in [0.4, 0.5) is 0 Å². The van der Waals surface area contributed by atoms with E-state index in [0.29, 0.717) is 23.0 Å². The molecule has 0 aliphatic heterocycles. The van der Waals surface area contributed by atoms with E-state index in [1.807, 2.05) is 13.0 Å². The fourth-order valence-electron chi connectivity index (χ4n) is 1.69. The van der Waals surface area contributed by atoms with E-state index in [0.717, 1.165) is 17.0 Å². The van der Waals surface area contributed by atoms with Gasteiger partial charge in [0.2, 0.25) is 0 Å². The summed E-state index contributed by atoms with van der Waals surface area (Å²) in [4.78, 5) is 7.54. The van der Waals surface area contributed by atoms with Crippen LogP contribution in [-0.2, 0) is 6.42 Å². The topological polar surface area (TPSA) is 61.7 Å². The first kappa shape index (κ1) is 12.5. The number of benzene rings is 1. The van der Waals surface area contributed by atoms with E-state index in [-0.39, 0.29) is 0 Å². The molecular formula is C13H12ClN3O. The molecule has 92 valence electrons. The molecule has 0 aliphatic carbocycles. The summed E-state index contributed by atoms with van der Waals surface area (Å²) in [5.74, 6) is 1.34. The number of halogens is 1. The molecule has 1 aromatic heterocycles. The lowest BCUT2D eigenvalue weighted by molar-refractivity contribution is 0.415. The van der Waals surface area contributed by atoms with Gasteiger partial charge in [0.25, 0.3) is 0 Å². The third kappa shape index (κ3) is 2.31. The van der Waals surface area contributed by atoms with Gasteiger partial charge < -0.3 is 9.72 Å². The number of ether oxygens (including phenoxy) is 1. The van der Waals surface area contributed by atoms with E-state index in [1.165, 1.54) is 0 Å². The largest absolute Gasteiger partial charge is 0.495 e. The van der Waals surface area contributed by atoms with Crippen molar-refractivity contribution in [2.24, 2.45) is 0 Å². The van der Waals surface area contributed by atoms with Crippen LogP contribution in [0.3, 0.4) is 0 Å². The highest BCUT2D eigenvalue weighted by molar-refractivity contribution is 6.32. The van der Waals surface area contributed by atoms with Gasteiger partial charge >= 0.3 is 0 Å². The maximum atomic E-state index is 8.69. The number of aryl methyl sites for hydroxylation is 1. The number of hydrogen-bond acceptors (Lipinski definition) is 3. The van der Waals surface area contributed by atoms with Crippen LogP contribution in [0, 0.1) is 18.3 Å². The SMILES string of the molecule is COc1ccc(-c2nc(CC#N)c(C)[nH]2)cc1Cl. The predicted octanol–water partition coefficient (Wildman–Crippen LogP) is 3.11. The van der Waals surface area contributed by atoms with Gasteiger partial charge in [0, 0.05) is 11.3 Å². The molecule has 1 N–H and O–H groups in total. The molecule has 0 atom stereocenters. The first-order chi connectivity index (χ1) is 8.65. The highest BCUT2D eigenvalue weighted by Gasteiger charge is 2.10. The number of methoxy groups -OCH3 is 1. The lowest BCUT2D eigenvalue weighted by Crippen LogP contribution is -1.86. The van der Waals surface area contributed by atoms with Crippen LogP contribution in [-0.4, -0.2) is 17.1 Å². The zero-order valence-corrected chi connectivity index (χ0v) is 10.9. The van der Waals surface area contributed by atoms with Gasteiger partial charge in [-0.05, 0) is 25.1 Å². The number of hydrogen-bond donors (Lipinski definition) is 1. The standard InChI is InChI=1S/C13H12ClN3O/c1-8-11(5-6-15)17-13(16-8)9-3-4-12(18-2)10(14)7-9/h3-4,7H,5H2,1-2H3,(H,16,17). The molecule has 0 fully saturated rings. The van der Waals surface area contributed by atoms with E-state index in [1.54, 1.807) is 19.2 Å². The zero-order valence-electron chi connectivity index (χ0n) is 10.1. The normalized spacial score (nSPS) is 10.1. The molecule has 0 unspecified atom stereocenters. The number of rotatable bonds is 3. The van der Waals surface area contributed by atoms with Crippen molar-refractivity contribution in [2.75, 3.05) is 7.11 Å². The molecular weight excluding hydrogens is 250 g/mol. The Morgan fingerprint density at radius 1 is 1.50 bits per heavy atom. The van der Waals surface area contributed by atoms with Crippen LogP contribution >= 0.6 is 11.6 Å². The summed E-state index contributed by atoms with van der Waals surface area (Å²) in [6, 6.07) is 7.54. The number of nitriles is 1. The second-order valence-electron chi connectivity index (χ2n) is 3.84. The number of nitrogens with one attached hydrogen (secondary N) is 1. The Balaban J connectivity index is 2.40. The molecule has 0 saturated heterocycles. The molecule has 18 heavy (non-hydrogen) atoms. The van der Waals surface area contributed by atoms with E-state index in [9.17, 15) is 0 Å². The second-order valence-corrected chi connectivity index (χ2v) is 4.25. The van der Waals surface area contributed by atoms with Crippen molar-refractivity contribution in [1.82, 2.24) is 9.97 Å².